The van der Waals surface area contributed by atoms with Gasteiger partial charge < -0.3 is 15.2 Å². The van der Waals surface area contributed by atoms with Gasteiger partial charge >= 0.3 is 6.18 Å². The van der Waals surface area contributed by atoms with Gasteiger partial charge in [-0.25, -0.2) is 4.98 Å². The number of hydrogen-bond acceptors (Lipinski definition) is 3. The van der Waals surface area contributed by atoms with Crippen molar-refractivity contribution in [3.05, 3.63) is 58.9 Å². The topological polar surface area (TPSA) is 78.1 Å². The van der Waals surface area contributed by atoms with Gasteiger partial charge in [-0.05, 0) is 67.6 Å². The van der Waals surface area contributed by atoms with E-state index in [0.717, 1.165) is 42.6 Å². The van der Waals surface area contributed by atoms with Crippen LogP contribution in [0.2, 0.25) is 0 Å². The zero-order chi connectivity index (χ0) is 24.0. The summed E-state index contributed by atoms with van der Waals surface area (Å²) in [7, 11) is 1.74. The van der Waals surface area contributed by atoms with Crippen LogP contribution in [-0.4, -0.2) is 34.9 Å². The highest BCUT2D eigenvalue weighted by molar-refractivity contribution is 5.99. The average molecular weight is 470 g/mol. The van der Waals surface area contributed by atoms with Crippen LogP contribution in [0.5, 0.6) is 0 Å². The number of halogens is 3. The molecule has 1 aromatic heterocycles. The van der Waals surface area contributed by atoms with E-state index in [1.807, 2.05) is 12.1 Å². The van der Waals surface area contributed by atoms with Gasteiger partial charge in [0.1, 0.15) is 5.82 Å². The van der Waals surface area contributed by atoms with Crippen LogP contribution in [0.1, 0.15) is 65.3 Å². The first-order valence-electron chi connectivity index (χ1n) is 11.5. The molecule has 9 heteroatoms. The summed E-state index contributed by atoms with van der Waals surface area (Å²) in [4.78, 5) is 34.0. The fourth-order valence-electron chi connectivity index (χ4n) is 5.03. The monoisotopic (exact) mass is 470 g/mol. The maximum Gasteiger partial charge on any atom is 0.416 e. The molecule has 1 saturated carbocycles. The van der Waals surface area contributed by atoms with Crippen LogP contribution in [0.25, 0.3) is 11.0 Å². The van der Waals surface area contributed by atoms with Crippen molar-refractivity contribution in [1.29, 1.82) is 0 Å². The highest BCUT2D eigenvalue weighted by Crippen LogP contribution is 2.35. The van der Waals surface area contributed by atoms with Gasteiger partial charge in [0.15, 0.2) is 0 Å². The number of benzene rings is 2. The Morgan fingerprint density at radius 2 is 1.97 bits per heavy atom. The number of aromatic amines is 1. The number of aryl methyl sites for hydroxylation is 1. The number of alkyl halides is 3. The van der Waals surface area contributed by atoms with Crippen LogP contribution in [0.15, 0.2) is 36.4 Å². The molecule has 2 unspecified atom stereocenters. The van der Waals surface area contributed by atoms with Crippen molar-refractivity contribution in [3.63, 3.8) is 0 Å². The van der Waals surface area contributed by atoms with E-state index in [1.54, 1.807) is 18.0 Å². The molecule has 1 fully saturated rings. The molecule has 2 amide bonds. The molecule has 1 aliphatic carbocycles. The van der Waals surface area contributed by atoms with E-state index in [0.29, 0.717) is 41.7 Å². The van der Waals surface area contributed by atoms with Gasteiger partial charge in [0.05, 0.1) is 16.6 Å². The predicted molar refractivity (Wildman–Crippen MR) is 122 cm³/mol. The first-order chi connectivity index (χ1) is 16.2. The zero-order valence-corrected chi connectivity index (χ0v) is 18.7. The van der Waals surface area contributed by atoms with Gasteiger partial charge in [0.25, 0.3) is 5.91 Å². The Labute approximate surface area is 194 Å². The number of hydrogen-bond donors (Lipinski definition) is 2. The number of anilines is 1. The van der Waals surface area contributed by atoms with Crippen LogP contribution < -0.4 is 10.2 Å². The lowest BCUT2D eigenvalue weighted by Crippen LogP contribution is -2.38. The molecule has 34 heavy (non-hydrogen) atoms. The zero-order valence-electron chi connectivity index (χ0n) is 18.7. The summed E-state index contributed by atoms with van der Waals surface area (Å²) in [5.74, 6) is 0.601. The molecule has 3 aromatic rings. The lowest BCUT2D eigenvalue weighted by atomic mass is 9.85. The lowest BCUT2D eigenvalue weighted by Gasteiger charge is -2.29. The van der Waals surface area contributed by atoms with Gasteiger partial charge in [0, 0.05) is 36.7 Å². The lowest BCUT2D eigenvalue weighted by molar-refractivity contribution is -0.137. The van der Waals surface area contributed by atoms with Crippen LogP contribution in [0.4, 0.5) is 18.9 Å². The van der Waals surface area contributed by atoms with E-state index in [-0.39, 0.29) is 23.8 Å². The number of aromatic nitrogens is 2. The van der Waals surface area contributed by atoms with E-state index in [9.17, 15) is 22.8 Å². The number of amides is 2. The minimum atomic E-state index is -4.40. The standard InChI is InChI=1S/C25H25F3N4O2/c1-32-21-9-5-16(11-14(21)6-10-22(32)33)24(34)29-18-4-2-3-15(12-18)23-30-19-8-7-17(25(26,27)28)13-20(19)31-23/h5,7-9,11,13,15,18H,2-4,6,10,12H2,1H3,(H,29,34)(H,30,31). The van der Waals surface area contributed by atoms with Crippen molar-refractivity contribution < 1.29 is 22.8 Å². The molecule has 2 atom stereocenters. The summed E-state index contributed by atoms with van der Waals surface area (Å²) in [6, 6.07) is 8.88. The third-order valence-electron chi connectivity index (χ3n) is 6.91. The van der Waals surface area contributed by atoms with Crippen molar-refractivity contribution >= 4 is 28.5 Å². The number of fused-ring (bicyclic) bond motifs is 2. The van der Waals surface area contributed by atoms with Crippen LogP contribution >= 0.6 is 0 Å². The molecule has 0 bridgehead atoms. The van der Waals surface area contributed by atoms with Crippen molar-refractivity contribution in [2.75, 3.05) is 11.9 Å². The highest BCUT2D eigenvalue weighted by atomic mass is 19.4. The first-order valence-corrected chi connectivity index (χ1v) is 11.5. The van der Waals surface area contributed by atoms with Crippen LogP contribution in [0, 0.1) is 0 Å². The molecule has 5 rings (SSSR count). The second-order valence-corrected chi connectivity index (χ2v) is 9.18. The molecule has 2 heterocycles. The molecule has 0 radical (unpaired) electrons. The molecule has 2 aromatic carbocycles. The Bertz CT molecular complexity index is 1270. The minimum absolute atomic E-state index is 0.0315. The summed E-state index contributed by atoms with van der Waals surface area (Å²) in [6.45, 7) is 0. The van der Waals surface area contributed by atoms with E-state index < -0.39 is 11.7 Å². The van der Waals surface area contributed by atoms with Crippen LogP contribution in [0.3, 0.4) is 0 Å². The highest BCUT2D eigenvalue weighted by Gasteiger charge is 2.32. The Morgan fingerprint density at radius 3 is 2.76 bits per heavy atom. The van der Waals surface area contributed by atoms with Crippen molar-refractivity contribution in [3.8, 4) is 0 Å². The number of carbonyl (C=O) groups excluding carboxylic acids is 2. The maximum absolute atomic E-state index is 13.0. The van der Waals surface area contributed by atoms with E-state index in [1.165, 1.54) is 6.07 Å². The van der Waals surface area contributed by atoms with E-state index >= 15 is 0 Å². The average Bonchev–Trinajstić information content (AvgIpc) is 3.24. The summed E-state index contributed by atoms with van der Waals surface area (Å²) in [5, 5.41) is 3.11. The summed E-state index contributed by atoms with van der Waals surface area (Å²) in [5.41, 5.74) is 2.55. The quantitative estimate of drug-likeness (QED) is 0.569. The van der Waals surface area contributed by atoms with Gasteiger partial charge in [-0.1, -0.05) is 6.42 Å². The fourth-order valence-corrected chi connectivity index (χ4v) is 5.03. The number of carbonyl (C=O) groups is 2. The van der Waals surface area contributed by atoms with Gasteiger partial charge in [-0.3, -0.25) is 9.59 Å². The molecule has 2 aliphatic rings. The van der Waals surface area contributed by atoms with Gasteiger partial charge in [-0.15, -0.1) is 0 Å². The van der Waals surface area contributed by atoms with E-state index in [2.05, 4.69) is 15.3 Å². The Hall–Kier alpha value is -3.36. The molecule has 0 saturated heterocycles. The second-order valence-electron chi connectivity index (χ2n) is 9.18. The second kappa shape index (κ2) is 8.45. The molecular formula is C25H25F3N4O2. The number of H-pyrrole nitrogens is 1. The third-order valence-corrected chi connectivity index (χ3v) is 6.91. The fraction of sp³-hybridized carbons (Fsp3) is 0.400. The van der Waals surface area contributed by atoms with E-state index in [4.69, 9.17) is 0 Å². The molecule has 178 valence electrons. The summed E-state index contributed by atoms with van der Waals surface area (Å²) in [6.07, 6.45) is -0.104. The molecule has 6 nitrogen and oxygen atoms in total. The first kappa shape index (κ1) is 22.4. The van der Waals surface area contributed by atoms with Crippen LogP contribution in [-0.2, 0) is 17.4 Å². The van der Waals surface area contributed by atoms with Crippen molar-refractivity contribution in [2.24, 2.45) is 0 Å². The largest absolute Gasteiger partial charge is 0.416 e. The smallest absolute Gasteiger partial charge is 0.349 e. The SMILES string of the molecule is CN1C(=O)CCc2cc(C(=O)NC3CCCC(c4nc5ccc(C(F)(F)F)cc5[nH]4)C3)ccc21. The molecule has 0 spiro atoms. The predicted octanol–water partition coefficient (Wildman–Crippen LogP) is 4.95. The molecular weight excluding hydrogens is 445 g/mol. The molecule has 1 aliphatic heterocycles. The minimum Gasteiger partial charge on any atom is -0.349 e. The summed E-state index contributed by atoms with van der Waals surface area (Å²) >= 11 is 0. The number of rotatable bonds is 3. The van der Waals surface area contributed by atoms with Crippen molar-refractivity contribution in [1.82, 2.24) is 15.3 Å². The van der Waals surface area contributed by atoms with Crippen molar-refractivity contribution in [2.45, 2.75) is 56.7 Å². The van der Waals surface area contributed by atoms with Gasteiger partial charge in [0.2, 0.25) is 5.91 Å². The Kier molecular flexibility index (Phi) is 5.58. The van der Waals surface area contributed by atoms with Gasteiger partial charge in [-0.2, -0.15) is 13.2 Å². The maximum atomic E-state index is 13.0. The Morgan fingerprint density at radius 1 is 1.15 bits per heavy atom. The number of nitrogens with zero attached hydrogens (tertiary/aromatic N) is 2. The molecule has 2 N–H and O–H groups in total. The number of nitrogens with one attached hydrogen (secondary N) is 2. The summed E-state index contributed by atoms with van der Waals surface area (Å²) < 4.78 is 39.1. The third kappa shape index (κ3) is 4.26. The Balaban J connectivity index is 1.28. The number of imidazole rings is 1. The normalized spacial score (nSPS) is 20.9.